The lowest BCUT2D eigenvalue weighted by Gasteiger charge is -2.21. The zero-order valence-corrected chi connectivity index (χ0v) is 17.4. The predicted octanol–water partition coefficient (Wildman–Crippen LogP) is 6.17. The highest BCUT2D eigenvalue weighted by molar-refractivity contribution is 5.82. The Morgan fingerprint density at radius 3 is 2.59 bits per heavy atom. The van der Waals surface area contributed by atoms with Gasteiger partial charge in [0.15, 0.2) is 5.58 Å². The summed E-state index contributed by atoms with van der Waals surface area (Å²) in [6, 6.07) is 13.5. The topological polar surface area (TPSA) is 56.5 Å². The second-order valence-electron chi connectivity index (χ2n) is 7.57. The van der Waals surface area contributed by atoms with E-state index in [0.717, 1.165) is 33.5 Å². The largest absolute Gasteiger partial charge is 0.493 e. The third kappa shape index (κ3) is 4.73. The van der Waals surface area contributed by atoms with Gasteiger partial charge in [0, 0.05) is 18.2 Å². The number of nitrogens with one attached hydrogen (secondary N) is 1. The Kier molecular flexibility index (Phi) is 6.35. The average Bonchev–Trinajstić information content (AvgIpc) is 3.15. The van der Waals surface area contributed by atoms with Gasteiger partial charge in [0.2, 0.25) is 0 Å². The summed E-state index contributed by atoms with van der Waals surface area (Å²) in [6.07, 6.45) is 6.28. The molecule has 1 aliphatic carbocycles. The fourth-order valence-corrected chi connectivity index (χ4v) is 3.95. The van der Waals surface area contributed by atoms with Crippen LogP contribution in [0.2, 0.25) is 0 Å². The van der Waals surface area contributed by atoms with Gasteiger partial charge >= 0.3 is 0 Å². The van der Waals surface area contributed by atoms with Gasteiger partial charge in [-0.3, -0.25) is 0 Å². The van der Waals surface area contributed by atoms with E-state index in [0.29, 0.717) is 31.9 Å². The molecule has 1 N–H and O–H groups in total. The number of anilines is 1. The van der Waals surface area contributed by atoms with E-state index in [2.05, 4.69) is 40.6 Å². The molecule has 1 saturated carbocycles. The highest BCUT2D eigenvalue weighted by Crippen LogP contribution is 2.31. The molecule has 5 heteroatoms. The van der Waals surface area contributed by atoms with Crippen LogP contribution in [0.4, 0.5) is 6.01 Å². The Balaban J connectivity index is 1.57. The Hall–Kier alpha value is -2.53. The Bertz CT molecular complexity index is 944. The third-order valence-electron chi connectivity index (χ3n) is 5.48. The lowest BCUT2D eigenvalue weighted by atomic mass is 9.96. The third-order valence-corrected chi connectivity index (χ3v) is 5.48. The van der Waals surface area contributed by atoms with Crippen LogP contribution in [0.3, 0.4) is 0 Å². The molecular formula is C24H30N2O3. The van der Waals surface area contributed by atoms with Crippen LogP contribution in [0.15, 0.2) is 40.8 Å². The van der Waals surface area contributed by atoms with Crippen LogP contribution >= 0.6 is 0 Å². The van der Waals surface area contributed by atoms with E-state index in [1.807, 2.05) is 19.9 Å². The van der Waals surface area contributed by atoms with Crippen LogP contribution in [0, 0.1) is 0 Å². The Morgan fingerprint density at radius 2 is 1.79 bits per heavy atom. The molecule has 0 aliphatic heterocycles. The molecule has 0 unspecified atom stereocenters. The van der Waals surface area contributed by atoms with Gasteiger partial charge in [-0.15, -0.1) is 0 Å². The summed E-state index contributed by atoms with van der Waals surface area (Å²) in [5, 5.41) is 3.47. The van der Waals surface area contributed by atoms with Crippen molar-refractivity contribution >= 4 is 17.1 Å². The predicted molar refractivity (Wildman–Crippen MR) is 116 cm³/mol. The maximum absolute atomic E-state index is 5.92. The van der Waals surface area contributed by atoms with Crippen LogP contribution in [0.5, 0.6) is 5.75 Å². The summed E-state index contributed by atoms with van der Waals surface area (Å²) < 4.78 is 17.3. The minimum atomic E-state index is 0.475. The fourth-order valence-electron chi connectivity index (χ4n) is 3.95. The van der Waals surface area contributed by atoms with E-state index in [1.165, 1.54) is 32.1 Å². The number of aromatic nitrogens is 1. The molecule has 0 radical (unpaired) electrons. The van der Waals surface area contributed by atoms with Crippen molar-refractivity contribution in [2.75, 3.05) is 18.5 Å². The van der Waals surface area contributed by atoms with Crippen LogP contribution in [-0.2, 0) is 11.3 Å². The van der Waals surface area contributed by atoms with Gasteiger partial charge in [-0.1, -0.05) is 37.5 Å². The first-order valence-corrected chi connectivity index (χ1v) is 10.8. The van der Waals surface area contributed by atoms with Gasteiger partial charge in [0.1, 0.15) is 11.3 Å². The fraction of sp³-hybridized carbons (Fsp3) is 0.458. The minimum Gasteiger partial charge on any atom is -0.493 e. The Morgan fingerprint density at radius 1 is 1.00 bits per heavy atom. The first-order valence-electron chi connectivity index (χ1n) is 10.8. The summed E-state index contributed by atoms with van der Waals surface area (Å²) >= 11 is 0. The molecule has 1 fully saturated rings. The van der Waals surface area contributed by atoms with Gasteiger partial charge in [-0.2, -0.15) is 4.98 Å². The molecule has 0 atom stereocenters. The van der Waals surface area contributed by atoms with Crippen molar-refractivity contribution in [2.24, 2.45) is 0 Å². The molecule has 0 amide bonds. The molecule has 1 heterocycles. The molecular weight excluding hydrogens is 364 g/mol. The van der Waals surface area contributed by atoms with Crippen LogP contribution in [0.25, 0.3) is 22.2 Å². The van der Waals surface area contributed by atoms with Crippen LogP contribution < -0.4 is 10.1 Å². The van der Waals surface area contributed by atoms with E-state index in [1.54, 1.807) is 0 Å². The van der Waals surface area contributed by atoms with Crippen molar-refractivity contribution < 1.29 is 13.9 Å². The Labute approximate surface area is 172 Å². The van der Waals surface area contributed by atoms with Crippen molar-refractivity contribution in [1.29, 1.82) is 0 Å². The number of fused-ring (bicyclic) bond motifs is 1. The van der Waals surface area contributed by atoms with E-state index >= 15 is 0 Å². The van der Waals surface area contributed by atoms with Crippen LogP contribution in [-0.4, -0.2) is 24.2 Å². The molecule has 1 aliphatic rings. The number of rotatable bonds is 8. The van der Waals surface area contributed by atoms with Crippen molar-refractivity contribution in [2.45, 2.75) is 58.6 Å². The minimum absolute atomic E-state index is 0.475. The summed E-state index contributed by atoms with van der Waals surface area (Å²) in [4.78, 5) is 4.68. The van der Waals surface area contributed by atoms with Gasteiger partial charge in [-0.25, -0.2) is 0 Å². The number of benzene rings is 2. The summed E-state index contributed by atoms with van der Waals surface area (Å²) in [5.74, 6) is 0.873. The summed E-state index contributed by atoms with van der Waals surface area (Å²) in [7, 11) is 0. The molecule has 2 aromatic carbocycles. The van der Waals surface area contributed by atoms with E-state index in [-0.39, 0.29) is 0 Å². The number of ether oxygens (including phenoxy) is 2. The second-order valence-corrected chi connectivity index (χ2v) is 7.57. The molecule has 0 saturated heterocycles. The lowest BCUT2D eigenvalue weighted by molar-refractivity contribution is 0.131. The zero-order chi connectivity index (χ0) is 20.1. The number of hydrogen-bond donors (Lipinski definition) is 1. The first-order chi connectivity index (χ1) is 14.3. The highest BCUT2D eigenvalue weighted by atomic mass is 16.5. The van der Waals surface area contributed by atoms with Gasteiger partial charge in [-0.05, 0) is 56.0 Å². The monoisotopic (exact) mass is 394 g/mol. The smallest absolute Gasteiger partial charge is 0.295 e. The normalized spacial score (nSPS) is 15.0. The van der Waals surface area contributed by atoms with Crippen molar-refractivity contribution in [3.63, 3.8) is 0 Å². The summed E-state index contributed by atoms with van der Waals surface area (Å²) in [6.45, 7) is 5.87. The number of hydrogen-bond acceptors (Lipinski definition) is 5. The number of nitrogens with zero attached hydrogens (tertiary/aromatic N) is 1. The maximum atomic E-state index is 5.92. The van der Waals surface area contributed by atoms with Crippen molar-refractivity contribution in [3.05, 3.63) is 42.0 Å². The molecule has 154 valence electrons. The molecule has 3 aromatic rings. The zero-order valence-electron chi connectivity index (χ0n) is 17.4. The molecule has 1 aromatic heterocycles. The van der Waals surface area contributed by atoms with Crippen LogP contribution in [0.1, 0.15) is 51.5 Å². The quantitative estimate of drug-likeness (QED) is 0.495. The van der Waals surface area contributed by atoms with E-state index in [4.69, 9.17) is 13.9 Å². The van der Waals surface area contributed by atoms with Crippen molar-refractivity contribution in [1.82, 2.24) is 4.98 Å². The average molecular weight is 395 g/mol. The molecule has 4 rings (SSSR count). The van der Waals surface area contributed by atoms with E-state index < -0.39 is 0 Å². The van der Waals surface area contributed by atoms with Gasteiger partial charge in [0.25, 0.3) is 6.01 Å². The molecule has 0 spiro atoms. The lowest BCUT2D eigenvalue weighted by Crippen LogP contribution is -2.22. The standard InChI is InChI=1S/C24H30N2O3/c1-3-27-16-19-11-10-18(15-23(19)28-4-2)17-12-13-22-21(14-17)26-24(29-22)25-20-8-6-5-7-9-20/h10-15,20H,3-9,16H2,1-2H3,(H,25,26). The van der Waals surface area contributed by atoms with Gasteiger partial charge in [0.05, 0.1) is 13.2 Å². The first kappa shape index (κ1) is 19.8. The number of oxazole rings is 1. The molecule has 5 nitrogen and oxygen atoms in total. The molecule has 29 heavy (non-hydrogen) atoms. The molecule has 0 bridgehead atoms. The summed E-state index contributed by atoms with van der Waals surface area (Å²) in [5.41, 5.74) is 4.94. The second kappa shape index (κ2) is 9.31. The highest BCUT2D eigenvalue weighted by Gasteiger charge is 2.16. The maximum Gasteiger partial charge on any atom is 0.295 e. The SMILES string of the molecule is CCOCc1ccc(-c2ccc3oc(NC4CCCCC4)nc3c2)cc1OCC. The van der Waals surface area contributed by atoms with Crippen molar-refractivity contribution in [3.8, 4) is 16.9 Å². The van der Waals surface area contributed by atoms with Gasteiger partial charge < -0.3 is 19.2 Å². The van der Waals surface area contributed by atoms with E-state index in [9.17, 15) is 0 Å².